The van der Waals surface area contributed by atoms with Crippen LogP contribution >= 0.6 is 0 Å². The monoisotopic (exact) mass is 269 g/mol. The lowest BCUT2D eigenvalue weighted by Gasteiger charge is -2.35. The fraction of sp³-hybridized carbons (Fsp3) is 0.857. The van der Waals surface area contributed by atoms with Crippen LogP contribution in [0.3, 0.4) is 0 Å². The molecule has 0 aromatic heterocycles. The second kappa shape index (κ2) is 6.89. The molecule has 19 heavy (non-hydrogen) atoms. The zero-order valence-corrected chi connectivity index (χ0v) is 12.4. The van der Waals surface area contributed by atoms with Crippen molar-refractivity contribution >= 4 is 11.8 Å². The van der Waals surface area contributed by atoms with Gasteiger partial charge >= 0.3 is 0 Å². The van der Waals surface area contributed by atoms with Gasteiger partial charge in [0.2, 0.25) is 11.8 Å². The molecule has 5 nitrogen and oxygen atoms in total. The zero-order valence-electron chi connectivity index (χ0n) is 12.4. The molecule has 1 fully saturated rings. The van der Waals surface area contributed by atoms with E-state index in [1.807, 2.05) is 0 Å². The van der Waals surface area contributed by atoms with E-state index in [1.54, 1.807) is 18.7 Å². The second-order valence-electron chi connectivity index (χ2n) is 5.93. The van der Waals surface area contributed by atoms with Crippen LogP contribution < -0.4 is 11.1 Å². The Morgan fingerprint density at radius 3 is 2.37 bits per heavy atom. The quantitative estimate of drug-likeness (QED) is 0.727. The Hall–Kier alpha value is -1.10. The summed E-state index contributed by atoms with van der Waals surface area (Å²) in [5.41, 5.74) is 4.99. The number of likely N-dealkylation sites (tertiary alicyclic amines) is 1. The number of rotatable bonds is 5. The molecule has 1 aliphatic rings. The minimum absolute atomic E-state index is 0.0302. The Balaban J connectivity index is 2.36. The highest BCUT2D eigenvalue weighted by Crippen LogP contribution is 2.19. The summed E-state index contributed by atoms with van der Waals surface area (Å²) in [6, 6.07) is 0. The van der Waals surface area contributed by atoms with Gasteiger partial charge in [0.25, 0.3) is 0 Å². The number of nitrogens with zero attached hydrogens (tertiary/aromatic N) is 1. The summed E-state index contributed by atoms with van der Waals surface area (Å²) in [4.78, 5) is 25.7. The lowest BCUT2D eigenvalue weighted by Crippen LogP contribution is -2.54. The smallest absolute Gasteiger partial charge is 0.242 e. The predicted molar refractivity (Wildman–Crippen MR) is 75.5 cm³/mol. The van der Waals surface area contributed by atoms with Gasteiger partial charge in [-0.1, -0.05) is 13.3 Å². The van der Waals surface area contributed by atoms with E-state index in [-0.39, 0.29) is 17.7 Å². The molecule has 0 bridgehead atoms. The van der Waals surface area contributed by atoms with Gasteiger partial charge in [0, 0.05) is 25.6 Å². The molecule has 3 N–H and O–H groups in total. The van der Waals surface area contributed by atoms with Gasteiger partial charge in [-0.25, -0.2) is 0 Å². The van der Waals surface area contributed by atoms with E-state index >= 15 is 0 Å². The average molecular weight is 269 g/mol. The van der Waals surface area contributed by atoms with Gasteiger partial charge in [-0.3, -0.25) is 9.59 Å². The molecule has 0 atom stereocenters. The zero-order chi connectivity index (χ0) is 14.5. The second-order valence-corrected chi connectivity index (χ2v) is 5.93. The lowest BCUT2D eigenvalue weighted by atomic mass is 9.94. The van der Waals surface area contributed by atoms with Gasteiger partial charge in [-0.15, -0.1) is 0 Å². The standard InChI is InChI=1S/C14H27N3O2/c1-4-5-8-16-12(18)11-6-9-17(10-7-11)13(19)14(2,3)15/h11H,4-10,15H2,1-3H3,(H,16,18). The highest BCUT2D eigenvalue weighted by atomic mass is 16.2. The van der Waals surface area contributed by atoms with Crippen molar-refractivity contribution in [2.45, 2.75) is 52.0 Å². The van der Waals surface area contributed by atoms with Crippen molar-refractivity contribution in [1.82, 2.24) is 10.2 Å². The topological polar surface area (TPSA) is 75.4 Å². The third kappa shape index (κ3) is 4.82. The summed E-state index contributed by atoms with van der Waals surface area (Å²) in [5.74, 6) is 0.145. The summed E-state index contributed by atoms with van der Waals surface area (Å²) < 4.78 is 0. The molecular formula is C14H27N3O2. The van der Waals surface area contributed by atoms with E-state index in [4.69, 9.17) is 5.73 Å². The largest absolute Gasteiger partial charge is 0.356 e. The van der Waals surface area contributed by atoms with E-state index in [2.05, 4.69) is 12.2 Å². The first-order chi connectivity index (χ1) is 8.86. The Morgan fingerprint density at radius 2 is 1.89 bits per heavy atom. The summed E-state index contributed by atoms with van der Waals surface area (Å²) in [7, 11) is 0. The number of hydrogen-bond donors (Lipinski definition) is 2. The number of carbonyl (C=O) groups excluding carboxylic acids is 2. The first kappa shape index (κ1) is 16.0. The van der Waals surface area contributed by atoms with Gasteiger partial charge in [-0.2, -0.15) is 0 Å². The summed E-state index contributed by atoms with van der Waals surface area (Å²) in [6.07, 6.45) is 3.57. The maximum absolute atomic E-state index is 12.0. The van der Waals surface area contributed by atoms with Crippen LogP contribution in [0.25, 0.3) is 0 Å². The predicted octanol–water partition coefficient (Wildman–Crippen LogP) is 0.879. The van der Waals surface area contributed by atoms with Crippen molar-refractivity contribution in [3.63, 3.8) is 0 Å². The number of nitrogens with two attached hydrogens (primary N) is 1. The molecule has 0 aliphatic carbocycles. The van der Waals surface area contributed by atoms with Crippen LogP contribution in [0.5, 0.6) is 0 Å². The van der Waals surface area contributed by atoms with E-state index < -0.39 is 5.54 Å². The number of nitrogens with one attached hydrogen (secondary N) is 1. The van der Waals surface area contributed by atoms with Crippen molar-refractivity contribution in [3.05, 3.63) is 0 Å². The molecule has 5 heteroatoms. The van der Waals surface area contributed by atoms with Crippen LogP contribution in [0.2, 0.25) is 0 Å². The highest BCUT2D eigenvalue weighted by Gasteiger charge is 2.32. The molecule has 1 heterocycles. The van der Waals surface area contributed by atoms with E-state index in [1.165, 1.54) is 0 Å². The molecular weight excluding hydrogens is 242 g/mol. The minimum Gasteiger partial charge on any atom is -0.356 e. The fourth-order valence-corrected chi connectivity index (χ4v) is 2.28. The third-order valence-electron chi connectivity index (χ3n) is 3.53. The third-order valence-corrected chi connectivity index (χ3v) is 3.53. The van der Waals surface area contributed by atoms with Crippen LogP contribution in [0.4, 0.5) is 0 Å². The van der Waals surface area contributed by atoms with Crippen LogP contribution in [0.15, 0.2) is 0 Å². The minimum atomic E-state index is -0.823. The Labute approximate surface area is 115 Å². The van der Waals surface area contributed by atoms with Gasteiger partial charge in [0.1, 0.15) is 0 Å². The molecule has 0 radical (unpaired) electrons. The maximum atomic E-state index is 12.0. The normalized spacial score (nSPS) is 17.4. The van der Waals surface area contributed by atoms with Crippen LogP contribution in [-0.4, -0.2) is 41.9 Å². The maximum Gasteiger partial charge on any atom is 0.242 e. The molecule has 1 aliphatic heterocycles. The van der Waals surface area contributed by atoms with Crippen LogP contribution in [-0.2, 0) is 9.59 Å². The van der Waals surface area contributed by atoms with Crippen LogP contribution in [0.1, 0.15) is 46.5 Å². The SMILES string of the molecule is CCCCNC(=O)C1CCN(C(=O)C(C)(C)N)CC1. The van der Waals surface area contributed by atoms with Crippen molar-refractivity contribution in [2.24, 2.45) is 11.7 Å². The van der Waals surface area contributed by atoms with Crippen molar-refractivity contribution in [2.75, 3.05) is 19.6 Å². The molecule has 0 spiro atoms. The Bertz CT molecular complexity index is 315. The molecule has 1 saturated heterocycles. The molecule has 0 unspecified atom stereocenters. The van der Waals surface area contributed by atoms with Crippen molar-refractivity contribution in [3.8, 4) is 0 Å². The Morgan fingerprint density at radius 1 is 1.32 bits per heavy atom. The first-order valence-electron chi connectivity index (χ1n) is 7.22. The number of unbranched alkanes of at least 4 members (excludes halogenated alkanes) is 1. The van der Waals surface area contributed by atoms with Gasteiger partial charge in [0.05, 0.1) is 5.54 Å². The van der Waals surface area contributed by atoms with E-state index in [9.17, 15) is 9.59 Å². The Kier molecular flexibility index (Phi) is 5.79. The van der Waals surface area contributed by atoms with E-state index in [0.29, 0.717) is 13.1 Å². The number of piperidine rings is 1. The van der Waals surface area contributed by atoms with Gasteiger partial charge < -0.3 is 16.0 Å². The summed E-state index contributed by atoms with van der Waals surface area (Å²) in [6.45, 7) is 7.56. The number of carbonyl (C=O) groups is 2. The number of amides is 2. The molecule has 2 amide bonds. The molecule has 1 rings (SSSR count). The molecule has 0 aromatic rings. The van der Waals surface area contributed by atoms with E-state index in [0.717, 1.165) is 32.2 Å². The van der Waals surface area contributed by atoms with Crippen molar-refractivity contribution < 1.29 is 9.59 Å². The van der Waals surface area contributed by atoms with Gasteiger partial charge in [-0.05, 0) is 33.1 Å². The molecule has 0 aromatic carbocycles. The lowest BCUT2D eigenvalue weighted by molar-refractivity contribution is -0.139. The molecule has 110 valence electrons. The van der Waals surface area contributed by atoms with Crippen molar-refractivity contribution in [1.29, 1.82) is 0 Å². The summed E-state index contributed by atoms with van der Waals surface area (Å²) in [5, 5.41) is 2.96. The first-order valence-corrected chi connectivity index (χ1v) is 7.22. The molecule has 0 saturated carbocycles. The fourth-order valence-electron chi connectivity index (χ4n) is 2.28. The average Bonchev–Trinajstić information content (AvgIpc) is 2.37. The van der Waals surface area contributed by atoms with Crippen LogP contribution in [0, 0.1) is 5.92 Å². The highest BCUT2D eigenvalue weighted by molar-refractivity contribution is 5.85. The summed E-state index contributed by atoms with van der Waals surface area (Å²) >= 11 is 0. The van der Waals surface area contributed by atoms with Gasteiger partial charge in [0.15, 0.2) is 0 Å². The number of hydrogen-bond acceptors (Lipinski definition) is 3.